The van der Waals surface area contributed by atoms with Gasteiger partial charge in [-0.25, -0.2) is 4.79 Å². The van der Waals surface area contributed by atoms with Crippen LogP contribution in [0.4, 0.5) is 10.6 Å². The van der Waals surface area contributed by atoms with Gasteiger partial charge >= 0.3 is 6.03 Å². The van der Waals surface area contributed by atoms with Gasteiger partial charge in [0.2, 0.25) is 0 Å². The molecule has 0 aliphatic heterocycles. The molecule has 1 aromatic rings. The van der Waals surface area contributed by atoms with Crippen molar-refractivity contribution in [3.05, 3.63) is 6.20 Å². The Morgan fingerprint density at radius 2 is 2.23 bits per heavy atom. The average molecular weight is 200 g/mol. The normalized spacial score (nSPS) is 11.0. The lowest BCUT2D eigenvalue weighted by molar-refractivity contribution is 0.243. The summed E-state index contributed by atoms with van der Waals surface area (Å²) in [4.78, 5) is 11.2. The largest absolute Gasteiger partial charge is 0.333 e. The number of carbonyl (C=O) groups excluding carboxylic acids is 1. The summed E-state index contributed by atoms with van der Waals surface area (Å²) in [6, 6.07) is -0.264. The summed E-state index contributed by atoms with van der Waals surface area (Å²) in [6.45, 7) is 5.73. The molecule has 0 spiro atoms. The maximum atomic E-state index is 11.2. The zero-order valence-electron chi connectivity index (χ0n) is 7.79. The number of nitrogens with zero attached hydrogens (tertiary/aromatic N) is 2. The third-order valence-electron chi connectivity index (χ3n) is 1.09. The maximum Gasteiger partial charge on any atom is 0.320 e. The molecule has 1 rings (SSSR count). The molecule has 2 amide bonds. The highest BCUT2D eigenvalue weighted by atomic mass is 32.1. The summed E-state index contributed by atoms with van der Waals surface area (Å²) in [5.74, 6) is 0.478. The topological polar surface area (TPSA) is 66.9 Å². The van der Waals surface area contributed by atoms with Gasteiger partial charge < -0.3 is 5.32 Å². The third kappa shape index (κ3) is 3.84. The van der Waals surface area contributed by atoms with E-state index in [0.29, 0.717) is 5.82 Å². The van der Waals surface area contributed by atoms with E-state index in [1.807, 2.05) is 20.8 Å². The number of carbonyl (C=O) groups is 1. The molecule has 0 aliphatic rings. The fourth-order valence-electron chi connectivity index (χ4n) is 0.708. The van der Waals surface area contributed by atoms with Gasteiger partial charge in [0.05, 0.1) is 17.9 Å². The predicted molar refractivity (Wildman–Crippen MR) is 51.8 cm³/mol. The lowest BCUT2D eigenvalue weighted by Gasteiger charge is -2.19. The first-order valence-corrected chi connectivity index (χ1v) is 4.57. The van der Waals surface area contributed by atoms with Crippen LogP contribution in [0, 0.1) is 0 Å². The van der Waals surface area contributed by atoms with Crippen molar-refractivity contribution in [3.8, 4) is 0 Å². The minimum absolute atomic E-state index is 0.243. The zero-order chi connectivity index (χ0) is 9.90. The Bertz CT molecular complexity index is 277. The molecule has 5 nitrogen and oxygen atoms in total. The van der Waals surface area contributed by atoms with Crippen LogP contribution in [-0.4, -0.2) is 20.3 Å². The van der Waals surface area contributed by atoms with Gasteiger partial charge in [0.15, 0.2) is 5.82 Å². The van der Waals surface area contributed by atoms with Gasteiger partial charge in [0, 0.05) is 5.54 Å². The van der Waals surface area contributed by atoms with Crippen molar-refractivity contribution in [3.63, 3.8) is 0 Å². The number of urea groups is 1. The summed E-state index contributed by atoms with van der Waals surface area (Å²) in [5.41, 5.74) is -0.243. The van der Waals surface area contributed by atoms with E-state index < -0.39 is 0 Å². The first-order chi connectivity index (χ1) is 5.97. The molecule has 13 heavy (non-hydrogen) atoms. The van der Waals surface area contributed by atoms with Gasteiger partial charge in [-0.2, -0.15) is 8.75 Å². The van der Waals surface area contributed by atoms with Gasteiger partial charge in [0.1, 0.15) is 0 Å². The summed E-state index contributed by atoms with van der Waals surface area (Å²) < 4.78 is 7.60. The van der Waals surface area contributed by atoms with Crippen molar-refractivity contribution in [2.45, 2.75) is 26.3 Å². The number of rotatable bonds is 1. The summed E-state index contributed by atoms with van der Waals surface area (Å²) in [7, 11) is 0. The second kappa shape index (κ2) is 3.69. The number of hydrogen-bond donors (Lipinski definition) is 2. The summed E-state index contributed by atoms with van der Waals surface area (Å²) in [6.07, 6.45) is 1.51. The van der Waals surface area contributed by atoms with E-state index in [1.165, 1.54) is 6.20 Å². The zero-order valence-corrected chi connectivity index (χ0v) is 8.60. The van der Waals surface area contributed by atoms with Gasteiger partial charge in [-0.3, -0.25) is 5.32 Å². The third-order valence-corrected chi connectivity index (χ3v) is 1.57. The molecule has 0 aromatic carbocycles. The molecule has 72 valence electrons. The second-order valence-electron chi connectivity index (χ2n) is 3.62. The van der Waals surface area contributed by atoms with E-state index in [1.54, 1.807) is 0 Å². The molecule has 0 bridgehead atoms. The number of hydrogen-bond acceptors (Lipinski definition) is 4. The predicted octanol–water partition coefficient (Wildman–Crippen LogP) is 1.46. The van der Waals surface area contributed by atoms with Crippen LogP contribution in [-0.2, 0) is 0 Å². The highest BCUT2D eigenvalue weighted by Crippen LogP contribution is 2.03. The Morgan fingerprint density at radius 3 is 2.69 bits per heavy atom. The summed E-state index contributed by atoms with van der Waals surface area (Å²) in [5, 5.41) is 5.31. The van der Waals surface area contributed by atoms with Crippen molar-refractivity contribution in [2.75, 3.05) is 5.32 Å². The fourth-order valence-corrected chi connectivity index (χ4v) is 1.08. The van der Waals surface area contributed by atoms with Gasteiger partial charge in [0.25, 0.3) is 0 Å². The smallest absolute Gasteiger partial charge is 0.320 e. The molecule has 2 N–H and O–H groups in total. The average Bonchev–Trinajstić information content (AvgIpc) is 2.34. The van der Waals surface area contributed by atoms with E-state index in [4.69, 9.17) is 0 Å². The highest BCUT2D eigenvalue weighted by molar-refractivity contribution is 6.99. The minimum Gasteiger partial charge on any atom is -0.333 e. The summed E-state index contributed by atoms with van der Waals surface area (Å²) >= 11 is 1.06. The number of aromatic nitrogens is 2. The molecule has 0 radical (unpaired) electrons. The van der Waals surface area contributed by atoms with Gasteiger partial charge in [-0.05, 0) is 20.8 Å². The molecule has 0 atom stereocenters. The molecular weight excluding hydrogens is 188 g/mol. The number of nitrogens with one attached hydrogen (secondary N) is 2. The molecular formula is C7H12N4OS. The van der Waals surface area contributed by atoms with E-state index in [0.717, 1.165) is 11.7 Å². The molecule has 1 aromatic heterocycles. The lowest BCUT2D eigenvalue weighted by atomic mass is 10.1. The van der Waals surface area contributed by atoms with Crippen LogP contribution in [0.25, 0.3) is 0 Å². The quantitative estimate of drug-likeness (QED) is 0.721. The first-order valence-electron chi connectivity index (χ1n) is 3.84. The van der Waals surface area contributed by atoms with Crippen molar-refractivity contribution in [2.24, 2.45) is 0 Å². The van der Waals surface area contributed by atoms with E-state index >= 15 is 0 Å². The number of amides is 2. The van der Waals surface area contributed by atoms with Gasteiger partial charge in [-0.1, -0.05) is 0 Å². The number of anilines is 1. The lowest BCUT2D eigenvalue weighted by Crippen LogP contribution is -2.43. The maximum absolute atomic E-state index is 11.2. The van der Waals surface area contributed by atoms with E-state index in [2.05, 4.69) is 19.4 Å². The highest BCUT2D eigenvalue weighted by Gasteiger charge is 2.13. The van der Waals surface area contributed by atoms with Crippen LogP contribution in [0.2, 0.25) is 0 Å². The van der Waals surface area contributed by atoms with Crippen molar-refractivity contribution >= 4 is 23.6 Å². The Kier molecular flexibility index (Phi) is 2.82. The van der Waals surface area contributed by atoms with Crippen LogP contribution in [0.3, 0.4) is 0 Å². The molecule has 0 fully saturated rings. The monoisotopic (exact) mass is 200 g/mol. The first kappa shape index (κ1) is 9.91. The second-order valence-corrected chi connectivity index (χ2v) is 4.18. The van der Waals surface area contributed by atoms with Crippen LogP contribution in [0.5, 0.6) is 0 Å². The standard InChI is InChI=1S/C7H12N4OS/c1-7(2,3)10-6(12)9-5-4-8-13-11-5/h4H,1-3H3,(H2,9,10,11,12). The molecule has 0 saturated heterocycles. The fraction of sp³-hybridized carbons (Fsp3) is 0.571. The van der Waals surface area contributed by atoms with E-state index in [-0.39, 0.29) is 11.6 Å². The molecule has 0 saturated carbocycles. The Balaban J connectivity index is 2.43. The van der Waals surface area contributed by atoms with Crippen LogP contribution in [0.1, 0.15) is 20.8 Å². The Hall–Kier alpha value is -1.17. The molecule has 1 heterocycles. The molecule has 6 heteroatoms. The molecule has 0 aliphatic carbocycles. The van der Waals surface area contributed by atoms with E-state index in [9.17, 15) is 4.79 Å². The molecule has 0 unspecified atom stereocenters. The van der Waals surface area contributed by atoms with Crippen molar-refractivity contribution in [1.29, 1.82) is 0 Å². The van der Waals surface area contributed by atoms with Gasteiger partial charge in [-0.15, -0.1) is 0 Å². The van der Waals surface area contributed by atoms with Crippen molar-refractivity contribution < 1.29 is 4.79 Å². The van der Waals surface area contributed by atoms with Crippen LogP contribution in [0.15, 0.2) is 6.20 Å². The van der Waals surface area contributed by atoms with Crippen LogP contribution >= 0.6 is 11.7 Å². The minimum atomic E-state index is -0.264. The van der Waals surface area contributed by atoms with Crippen LogP contribution < -0.4 is 10.6 Å². The SMILES string of the molecule is CC(C)(C)NC(=O)Nc1cnsn1. The van der Waals surface area contributed by atoms with Crippen molar-refractivity contribution in [1.82, 2.24) is 14.1 Å². The Labute approximate surface area is 80.9 Å². The Morgan fingerprint density at radius 1 is 1.54 bits per heavy atom.